The summed E-state index contributed by atoms with van der Waals surface area (Å²) < 4.78 is 32.6. The van der Waals surface area contributed by atoms with Gasteiger partial charge < -0.3 is 4.55 Å². The minimum Gasteiger partial charge on any atom is -0.744 e. The summed E-state index contributed by atoms with van der Waals surface area (Å²) in [6.07, 6.45) is 0.876. The molecule has 0 aromatic heterocycles. The first-order valence-electron chi connectivity index (χ1n) is 5.00. The Balaban J connectivity index is 0.00000144. The van der Waals surface area contributed by atoms with Crippen LogP contribution in [0.25, 0.3) is 10.8 Å². The van der Waals surface area contributed by atoms with Crippen LogP contribution in [-0.4, -0.2) is 13.0 Å². The molecule has 0 aliphatic rings. The Kier molecular flexibility index (Phi) is 5.33. The zero-order valence-corrected chi connectivity index (χ0v) is 13.7. The number of hydrogen-bond donors (Lipinski definition) is 0. The van der Waals surface area contributed by atoms with Crippen molar-refractivity contribution < 1.29 is 64.4 Å². The van der Waals surface area contributed by atoms with Crippen molar-refractivity contribution in [1.82, 2.24) is 0 Å². The molecule has 0 aliphatic heterocycles. The Morgan fingerprint density at radius 3 is 2.47 bits per heavy atom. The van der Waals surface area contributed by atoms with E-state index in [1.165, 1.54) is 12.1 Å². The van der Waals surface area contributed by atoms with E-state index in [9.17, 15) is 13.0 Å². The van der Waals surface area contributed by atoms with Gasteiger partial charge in [0.15, 0.2) is 0 Å². The van der Waals surface area contributed by atoms with Gasteiger partial charge in [-0.05, 0) is 34.9 Å². The average Bonchev–Trinajstić information content (AvgIpc) is 2.26. The van der Waals surface area contributed by atoms with Crippen LogP contribution in [0.1, 0.15) is 12.5 Å². The molecular weight excluding hydrogens is 263 g/mol. The zero-order chi connectivity index (χ0) is 11.8. The van der Waals surface area contributed by atoms with Crippen molar-refractivity contribution in [3.63, 3.8) is 0 Å². The van der Waals surface area contributed by atoms with Gasteiger partial charge in [0.05, 0.1) is 4.90 Å². The normalized spacial score (nSPS) is 11.2. The summed E-state index contributed by atoms with van der Waals surface area (Å²) in [6, 6.07) is 10.2. The maximum atomic E-state index is 10.9. The first-order valence-corrected chi connectivity index (χ1v) is 6.41. The number of rotatable bonds is 2. The Morgan fingerprint density at radius 2 is 1.88 bits per heavy atom. The van der Waals surface area contributed by atoms with Gasteiger partial charge in [0.2, 0.25) is 0 Å². The minimum absolute atomic E-state index is 0. The molecular formula is C12H11KO3S. The van der Waals surface area contributed by atoms with E-state index in [0.717, 1.165) is 22.8 Å². The quantitative estimate of drug-likeness (QED) is 0.538. The predicted molar refractivity (Wildman–Crippen MR) is 61.3 cm³/mol. The van der Waals surface area contributed by atoms with Crippen molar-refractivity contribution in [2.24, 2.45) is 0 Å². The van der Waals surface area contributed by atoms with Crippen LogP contribution in [-0.2, 0) is 16.5 Å². The van der Waals surface area contributed by atoms with Gasteiger partial charge in [-0.1, -0.05) is 31.2 Å². The molecule has 3 nitrogen and oxygen atoms in total. The second-order valence-corrected chi connectivity index (χ2v) is 4.99. The molecule has 0 atom stereocenters. The summed E-state index contributed by atoms with van der Waals surface area (Å²) >= 11 is 0. The van der Waals surface area contributed by atoms with Crippen LogP contribution in [0.4, 0.5) is 0 Å². The molecule has 0 unspecified atom stereocenters. The third kappa shape index (κ3) is 3.38. The molecule has 0 radical (unpaired) electrons. The van der Waals surface area contributed by atoms with Crippen molar-refractivity contribution in [2.45, 2.75) is 18.2 Å². The van der Waals surface area contributed by atoms with Crippen LogP contribution < -0.4 is 51.4 Å². The minimum atomic E-state index is -4.36. The number of hydrogen-bond acceptors (Lipinski definition) is 3. The molecule has 5 heteroatoms. The summed E-state index contributed by atoms with van der Waals surface area (Å²) in [5, 5.41) is 1.79. The van der Waals surface area contributed by atoms with E-state index in [0.29, 0.717) is 0 Å². The molecule has 17 heavy (non-hydrogen) atoms. The molecule has 0 heterocycles. The van der Waals surface area contributed by atoms with Crippen molar-refractivity contribution in [3.05, 3.63) is 42.0 Å². The second kappa shape index (κ2) is 5.93. The molecule has 84 valence electrons. The smallest absolute Gasteiger partial charge is 0.744 e. The van der Waals surface area contributed by atoms with Crippen LogP contribution >= 0.6 is 0 Å². The molecule has 0 fully saturated rings. The van der Waals surface area contributed by atoms with Gasteiger partial charge in [-0.15, -0.1) is 0 Å². The van der Waals surface area contributed by atoms with Crippen molar-refractivity contribution in [1.29, 1.82) is 0 Å². The summed E-state index contributed by atoms with van der Waals surface area (Å²) in [5.41, 5.74) is 1.15. The Hall–Kier alpha value is 0.246. The van der Waals surface area contributed by atoms with Gasteiger partial charge in [0.1, 0.15) is 10.1 Å². The molecule has 0 bridgehead atoms. The van der Waals surface area contributed by atoms with Crippen LogP contribution in [0.15, 0.2) is 41.3 Å². The molecule has 0 saturated heterocycles. The van der Waals surface area contributed by atoms with Gasteiger partial charge in [-0.2, -0.15) is 0 Å². The molecule has 0 N–H and O–H groups in total. The van der Waals surface area contributed by atoms with E-state index in [1.807, 2.05) is 25.1 Å². The van der Waals surface area contributed by atoms with E-state index in [2.05, 4.69) is 0 Å². The van der Waals surface area contributed by atoms with E-state index >= 15 is 0 Å². The summed E-state index contributed by atoms with van der Waals surface area (Å²) in [4.78, 5) is -0.173. The SMILES string of the molecule is CCc1cccc2cc(S(=O)(=O)[O-])ccc12.[K+]. The first-order chi connectivity index (χ1) is 7.52. The van der Waals surface area contributed by atoms with E-state index in [-0.39, 0.29) is 56.3 Å². The fourth-order valence-electron chi connectivity index (χ4n) is 1.79. The summed E-state index contributed by atoms with van der Waals surface area (Å²) in [7, 11) is -4.36. The molecule has 0 spiro atoms. The standard InChI is InChI=1S/C12H12O3S.K/c1-2-9-4-3-5-10-8-11(16(13,14)15)6-7-12(9)10;/h3-8H,2H2,1H3,(H,13,14,15);/q;+1/p-1. The van der Waals surface area contributed by atoms with Gasteiger partial charge in [0, 0.05) is 0 Å². The molecule has 2 aromatic rings. The monoisotopic (exact) mass is 274 g/mol. The van der Waals surface area contributed by atoms with Crippen LogP contribution in [0.3, 0.4) is 0 Å². The fraction of sp³-hybridized carbons (Fsp3) is 0.167. The zero-order valence-electron chi connectivity index (χ0n) is 9.80. The topological polar surface area (TPSA) is 57.2 Å². The van der Waals surface area contributed by atoms with Crippen molar-refractivity contribution in [3.8, 4) is 0 Å². The van der Waals surface area contributed by atoms with E-state index in [4.69, 9.17) is 0 Å². The number of fused-ring (bicyclic) bond motifs is 1. The Labute approximate surface area is 143 Å². The van der Waals surface area contributed by atoms with Gasteiger partial charge in [-0.25, -0.2) is 8.42 Å². The fourth-order valence-corrected chi connectivity index (χ4v) is 2.30. The van der Waals surface area contributed by atoms with Crippen molar-refractivity contribution in [2.75, 3.05) is 0 Å². The van der Waals surface area contributed by atoms with Crippen molar-refractivity contribution >= 4 is 20.9 Å². The van der Waals surface area contributed by atoms with E-state index < -0.39 is 10.1 Å². The first kappa shape index (κ1) is 15.3. The molecule has 0 amide bonds. The van der Waals surface area contributed by atoms with Gasteiger partial charge in [0.25, 0.3) is 0 Å². The van der Waals surface area contributed by atoms with Gasteiger partial charge >= 0.3 is 51.4 Å². The molecule has 2 aromatic carbocycles. The average molecular weight is 274 g/mol. The Morgan fingerprint density at radius 1 is 1.18 bits per heavy atom. The third-order valence-electron chi connectivity index (χ3n) is 2.61. The molecule has 2 rings (SSSR count). The predicted octanol–water partition coefficient (Wildman–Crippen LogP) is -0.690. The molecule has 0 saturated carbocycles. The van der Waals surface area contributed by atoms with E-state index in [1.54, 1.807) is 6.07 Å². The Bertz CT molecular complexity index is 635. The maximum Gasteiger partial charge on any atom is 1.00 e. The third-order valence-corrected chi connectivity index (χ3v) is 3.44. The molecule has 0 aliphatic carbocycles. The second-order valence-electron chi connectivity index (χ2n) is 3.61. The van der Waals surface area contributed by atoms with Crippen LogP contribution in [0.5, 0.6) is 0 Å². The van der Waals surface area contributed by atoms with Gasteiger partial charge in [-0.3, -0.25) is 0 Å². The van der Waals surface area contributed by atoms with Crippen LogP contribution in [0, 0.1) is 0 Å². The largest absolute Gasteiger partial charge is 1.00 e. The summed E-state index contributed by atoms with van der Waals surface area (Å²) in [5.74, 6) is 0. The summed E-state index contributed by atoms with van der Waals surface area (Å²) in [6.45, 7) is 2.03. The number of benzene rings is 2. The number of aryl methyl sites for hydroxylation is 1. The van der Waals surface area contributed by atoms with Crippen LogP contribution in [0.2, 0.25) is 0 Å². The maximum absolute atomic E-state index is 10.9.